The maximum absolute atomic E-state index is 14.1. The summed E-state index contributed by atoms with van der Waals surface area (Å²) >= 11 is 0. The maximum Gasteiger partial charge on any atom is 0.137 e. The molecule has 5 nitrogen and oxygen atoms in total. The number of halogens is 1. The van der Waals surface area contributed by atoms with E-state index in [1.165, 1.54) is 5.56 Å². The van der Waals surface area contributed by atoms with Crippen molar-refractivity contribution in [3.8, 4) is 11.4 Å². The van der Waals surface area contributed by atoms with Crippen molar-refractivity contribution in [3.05, 3.63) is 48.3 Å². The average Bonchev–Trinajstić information content (AvgIpc) is 3.06. The molecule has 1 aliphatic rings. The third kappa shape index (κ3) is 3.67. The van der Waals surface area contributed by atoms with Gasteiger partial charge in [-0.15, -0.1) is 0 Å². The Hall–Kier alpha value is -2.47. The van der Waals surface area contributed by atoms with Crippen LogP contribution in [0.2, 0.25) is 0 Å². The number of nitrogens with one attached hydrogen (secondary N) is 2. The lowest BCUT2D eigenvalue weighted by molar-refractivity contribution is 0.244. The topological polar surface area (TPSA) is 54.2 Å². The van der Waals surface area contributed by atoms with Crippen LogP contribution in [0.4, 0.5) is 10.2 Å². The lowest BCUT2D eigenvalue weighted by Crippen LogP contribution is -2.45. The van der Waals surface area contributed by atoms with Crippen LogP contribution in [0, 0.1) is 0 Å². The van der Waals surface area contributed by atoms with Crippen LogP contribution >= 0.6 is 0 Å². The van der Waals surface area contributed by atoms with E-state index in [1.54, 1.807) is 0 Å². The SMILES string of the molecule is CC(C)(C)c1ccc2ncc(-c3cccc(NC4CCNCC4F)n3)n2c1. The lowest BCUT2D eigenvalue weighted by atomic mass is 9.88. The second kappa shape index (κ2) is 6.93. The number of imidazole rings is 1. The van der Waals surface area contributed by atoms with Gasteiger partial charge in [0.25, 0.3) is 0 Å². The smallest absolute Gasteiger partial charge is 0.137 e. The summed E-state index contributed by atoms with van der Waals surface area (Å²) in [4.78, 5) is 9.24. The number of nitrogens with zero attached hydrogens (tertiary/aromatic N) is 3. The zero-order chi connectivity index (χ0) is 19.0. The average molecular weight is 367 g/mol. The van der Waals surface area contributed by atoms with Crippen LogP contribution in [0.15, 0.2) is 42.7 Å². The molecule has 0 amide bonds. The molecule has 142 valence electrons. The molecule has 3 aromatic rings. The summed E-state index contributed by atoms with van der Waals surface area (Å²) in [6, 6.07) is 9.76. The molecule has 0 spiro atoms. The molecule has 3 aromatic heterocycles. The molecule has 1 aliphatic heterocycles. The van der Waals surface area contributed by atoms with Crippen molar-refractivity contribution in [1.29, 1.82) is 0 Å². The number of hydrogen-bond acceptors (Lipinski definition) is 4. The van der Waals surface area contributed by atoms with Gasteiger partial charge >= 0.3 is 0 Å². The first-order chi connectivity index (χ1) is 12.9. The zero-order valence-electron chi connectivity index (χ0n) is 16.0. The van der Waals surface area contributed by atoms with Crippen LogP contribution < -0.4 is 10.6 Å². The third-order valence-electron chi connectivity index (χ3n) is 5.12. The van der Waals surface area contributed by atoms with Gasteiger partial charge in [0.1, 0.15) is 17.6 Å². The molecule has 0 saturated carbocycles. The summed E-state index contributed by atoms with van der Waals surface area (Å²) in [6.07, 6.45) is 3.81. The number of anilines is 1. The molecule has 0 aromatic carbocycles. The Morgan fingerprint density at radius 3 is 2.85 bits per heavy atom. The fraction of sp³-hybridized carbons (Fsp3) is 0.429. The summed E-state index contributed by atoms with van der Waals surface area (Å²) in [6.45, 7) is 7.79. The van der Waals surface area contributed by atoms with E-state index in [0.717, 1.165) is 30.0 Å². The van der Waals surface area contributed by atoms with Crippen molar-refractivity contribution >= 4 is 11.5 Å². The molecular weight excluding hydrogens is 341 g/mol. The second-order valence-corrected chi connectivity index (χ2v) is 8.21. The van der Waals surface area contributed by atoms with Gasteiger partial charge in [0.15, 0.2) is 0 Å². The second-order valence-electron chi connectivity index (χ2n) is 8.21. The standard InChI is InChI=1S/C21H26FN5/c1-21(2,3)14-7-8-20-24-12-18(27(20)13-14)17-5-4-6-19(26-17)25-16-9-10-23-11-15(16)22/h4-8,12-13,15-16,23H,9-11H2,1-3H3,(H,25,26). The first kappa shape index (κ1) is 17.9. The minimum Gasteiger partial charge on any atom is -0.364 e. The highest BCUT2D eigenvalue weighted by Crippen LogP contribution is 2.26. The monoisotopic (exact) mass is 367 g/mol. The largest absolute Gasteiger partial charge is 0.364 e. The van der Waals surface area contributed by atoms with E-state index in [0.29, 0.717) is 12.4 Å². The normalized spacial score (nSPS) is 20.7. The molecule has 27 heavy (non-hydrogen) atoms. The lowest BCUT2D eigenvalue weighted by Gasteiger charge is -2.28. The molecule has 1 fully saturated rings. The van der Waals surface area contributed by atoms with Gasteiger partial charge in [-0.2, -0.15) is 0 Å². The molecule has 2 atom stereocenters. The van der Waals surface area contributed by atoms with Crippen molar-refractivity contribution in [2.45, 2.75) is 44.8 Å². The Labute approximate surface area is 159 Å². The first-order valence-electron chi connectivity index (χ1n) is 9.48. The summed E-state index contributed by atoms with van der Waals surface area (Å²) in [5, 5.41) is 6.34. The minimum atomic E-state index is -0.908. The van der Waals surface area contributed by atoms with Crippen LogP contribution in [0.3, 0.4) is 0 Å². The molecule has 1 saturated heterocycles. The van der Waals surface area contributed by atoms with Gasteiger partial charge in [0.2, 0.25) is 0 Å². The maximum atomic E-state index is 14.1. The highest BCUT2D eigenvalue weighted by Gasteiger charge is 2.24. The van der Waals surface area contributed by atoms with E-state index in [2.05, 4.69) is 53.1 Å². The molecule has 4 rings (SSSR count). The molecular formula is C21H26FN5. The number of alkyl halides is 1. The van der Waals surface area contributed by atoms with E-state index in [4.69, 9.17) is 4.98 Å². The quantitative estimate of drug-likeness (QED) is 0.739. The van der Waals surface area contributed by atoms with Crippen molar-refractivity contribution < 1.29 is 4.39 Å². The zero-order valence-corrected chi connectivity index (χ0v) is 16.0. The Kier molecular flexibility index (Phi) is 4.60. The molecule has 6 heteroatoms. The van der Waals surface area contributed by atoms with E-state index in [-0.39, 0.29) is 11.5 Å². The summed E-state index contributed by atoms with van der Waals surface area (Å²) in [5.74, 6) is 0.698. The molecule has 2 N–H and O–H groups in total. The fourth-order valence-electron chi connectivity index (χ4n) is 3.44. The van der Waals surface area contributed by atoms with E-state index in [1.807, 2.05) is 30.5 Å². The third-order valence-corrected chi connectivity index (χ3v) is 5.12. The van der Waals surface area contributed by atoms with Crippen LogP contribution in [-0.4, -0.2) is 39.7 Å². The predicted molar refractivity (Wildman–Crippen MR) is 107 cm³/mol. The van der Waals surface area contributed by atoms with Gasteiger partial charge in [-0.25, -0.2) is 14.4 Å². The van der Waals surface area contributed by atoms with Crippen molar-refractivity contribution in [2.75, 3.05) is 18.4 Å². The summed E-state index contributed by atoms with van der Waals surface area (Å²) in [7, 11) is 0. The minimum absolute atomic E-state index is 0.0533. The highest BCUT2D eigenvalue weighted by atomic mass is 19.1. The van der Waals surface area contributed by atoms with Crippen LogP contribution in [0.5, 0.6) is 0 Å². The van der Waals surface area contributed by atoms with E-state index >= 15 is 0 Å². The Morgan fingerprint density at radius 2 is 2.07 bits per heavy atom. The summed E-state index contributed by atoms with van der Waals surface area (Å²) < 4.78 is 16.2. The predicted octanol–water partition coefficient (Wildman–Crippen LogP) is 3.81. The Morgan fingerprint density at radius 1 is 1.22 bits per heavy atom. The van der Waals surface area contributed by atoms with Crippen LogP contribution in [-0.2, 0) is 5.41 Å². The number of rotatable bonds is 3. The highest BCUT2D eigenvalue weighted by molar-refractivity contribution is 5.62. The molecule has 2 unspecified atom stereocenters. The number of hydrogen-bond donors (Lipinski definition) is 2. The molecule has 0 radical (unpaired) electrons. The van der Waals surface area contributed by atoms with Crippen LogP contribution in [0.1, 0.15) is 32.8 Å². The van der Waals surface area contributed by atoms with Crippen molar-refractivity contribution in [1.82, 2.24) is 19.7 Å². The molecule has 4 heterocycles. The van der Waals surface area contributed by atoms with Gasteiger partial charge in [-0.1, -0.05) is 32.9 Å². The number of piperidine rings is 1. The summed E-state index contributed by atoms with van der Waals surface area (Å²) in [5.41, 5.74) is 3.93. The Balaban J connectivity index is 1.67. The van der Waals surface area contributed by atoms with Gasteiger partial charge < -0.3 is 10.6 Å². The van der Waals surface area contributed by atoms with Gasteiger partial charge in [0.05, 0.1) is 23.6 Å². The van der Waals surface area contributed by atoms with E-state index < -0.39 is 6.17 Å². The fourth-order valence-corrected chi connectivity index (χ4v) is 3.44. The first-order valence-corrected chi connectivity index (χ1v) is 9.48. The van der Waals surface area contributed by atoms with Gasteiger partial charge in [-0.05, 0) is 42.1 Å². The van der Waals surface area contributed by atoms with Crippen molar-refractivity contribution in [3.63, 3.8) is 0 Å². The van der Waals surface area contributed by atoms with Gasteiger partial charge in [0, 0.05) is 12.7 Å². The number of aromatic nitrogens is 3. The van der Waals surface area contributed by atoms with E-state index in [9.17, 15) is 4.39 Å². The number of fused-ring (bicyclic) bond motifs is 1. The number of pyridine rings is 2. The molecule has 0 aliphatic carbocycles. The molecule has 0 bridgehead atoms. The Bertz CT molecular complexity index is 943. The van der Waals surface area contributed by atoms with Crippen molar-refractivity contribution in [2.24, 2.45) is 0 Å². The van der Waals surface area contributed by atoms with Crippen LogP contribution in [0.25, 0.3) is 17.0 Å². The van der Waals surface area contributed by atoms with Gasteiger partial charge in [-0.3, -0.25) is 4.40 Å².